The minimum Gasteiger partial charge on any atom is -0.447 e. The highest BCUT2D eigenvalue weighted by Crippen LogP contribution is 2.31. The van der Waals surface area contributed by atoms with E-state index in [4.69, 9.17) is 32.7 Å². The Kier molecular flexibility index (Phi) is 9.16. The Morgan fingerprint density at radius 1 is 1.42 bits per heavy atom. The molecule has 8 heteroatoms. The second kappa shape index (κ2) is 10.3. The first-order chi connectivity index (χ1) is 11.0. The van der Waals surface area contributed by atoms with Crippen LogP contribution in [-0.2, 0) is 9.47 Å². The lowest BCUT2D eigenvalue weighted by molar-refractivity contribution is 0.0298. The number of amides is 1. The predicted molar refractivity (Wildman–Crippen MR) is 98.4 cm³/mol. The van der Waals surface area contributed by atoms with Gasteiger partial charge in [-0.15, -0.1) is 12.4 Å². The Balaban J connectivity index is 0.00000288. The van der Waals surface area contributed by atoms with E-state index in [9.17, 15) is 4.79 Å². The molecule has 0 aromatic heterocycles. The molecule has 2 atom stereocenters. The number of hydrogen-bond donors (Lipinski definition) is 2. The molecular formula is C16H23Cl3N2O3. The van der Waals surface area contributed by atoms with E-state index in [0.29, 0.717) is 23.2 Å². The van der Waals surface area contributed by atoms with E-state index in [1.807, 2.05) is 26.0 Å². The molecule has 1 amide bonds. The van der Waals surface area contributed by atoms with Crippen LogP contribution in [0.1, 0.15) is 25.5 Å². The van der Waals surface area contributed by atoms with Crippen molar-refractivity contribution in [2.75, 3.05) is 26.2 Å². The molecule has 2 N–H and O–H groups in total. The molecule has 0 aliphatic carbocycles. The van der Waals surface area contributed by atoms with Gasteiger partial charge < -0.3 is 20.1 Å². The van der Waals surface area contributed by atoms with Crippen molar-refractivity contribution in [1.29, 1.82) is 0 Å². The first-order valence-electron chi connectivity index (χ1n) is 7.69. The van der Waals surface area contributed by atoms with Crippen LogP contribution < -0.4 is 10.6 Å². The molecule has 136 valence electrons. The fourth-order valence-electron chi connectivity index (χ4n) is 2.50. The summed E-state index contributed by atoms with van der Waals surface area (Å²) in [7, 11) is 0. The topological polar surface area (TPSA) is 59.6 Å². The lowest BCUT2D eigenvalue weighted by Crippen LogP contribution is -2.37. The second-order valence-electron chi connectivity index (χ2n) is 5.76. The van der Waals surface area contributed by atoms with E-state index in [2.05, 4.69) is 10.6 Å². The minimum absolute atomic E-state index is 0. The summed E-state index contributed by atoms with van der Waals surface area (Å²) in [6.07, 6.45) is -0.736. The van der Waals surface area contributed by atoms with Gasteiger partial charge in [0.2, 0.25) is 0 Å². The maximum absolute atomic E-state index is 11.7. The summed E-state index contributed by atoms with van der Waals surface area (Å²) >= 11 is 12.1. The van der Waals surface area contributed by atoms with Crippen LogP contribution in [0, 0.1) is 5.92 Å². The maximum atomic E-state index is 11.7. The predicted octanol–water partition coefficient (Wildman–Crippen LogP) is 3.83. The summed E-state index contributed by atoms with van der Waals surface area (Å²) in [4.78, 5) is 11.7. The lowest BCUT2D eigenvalue weighted by Gasteiger charge is -2.25. The van der Waals surface area contributed by atoms with Gasteiger partial charge >= 0.3 is 6.09 Å². The van der Waals surface area contributed by atoms with Crippen LogP contribution in [0.25, 0.3) is 0 Å². The molecular weight excluding hydrogens is 375 g/mol. The van der Waals surface area contributed by atoms with Crippen molar-refractivity contribution in [2.24, 2.45) is 5.92 Å². The first kappa shape index (κ1) is 21.3. The van der Waals surface area contributed by atoms with Crippen LogP contribution in [0.3, 0.4) is 0 Å². The number of ether oxygens (including phenoxy) is 2. The van der Waals surface area contributed by atoms with Gasteiger partial charge in [0.25, 0.3) is 0 Å². The van der Waals surface area contributed by atoms with Crippen molar-refractivity contribution < 1.29 is 14.3 Å². The van der Waals surface area contributed by atoms with Crippen molar-refractivity contribution in [2.45, 2.75) is 26.1 Å². The van der Waals surface area contributed by atoms with E-state index in [0.717, 1.165) is 18.7 Å². The zero-order valence-corrected chi connectivity index (χ0v) is 16.0. The monoisotopic (exact) mass is 396 g/mol. The summed E-state index contributed by atoms with van der Waals surface area (Å²) in [6, 6.07) is 5.49. The first-order valence-corrected chi connectivity index (χ1v) is 8.44. The van der Waals surface area contributed by atoms with Gasteiger partial charge in [-0.25, -0.2) is 4.79 Å². The Morgan fingerprint density at radius 3 is 2.83 bits per heavy atom. The molecule has 1 aromatic rings. The molecule has 1 aromatic carbocycles. The van der Waals surface area contributed by atoms with Crippen LogP contribution in [0.4, 0.5) is 4.79 Å². The number of rotatable bonds is 4. The van der Waals surface area contributed by atoms with Crippen LogP contribution in [0.15, 0.2) is 18.2 Å². The second-order valence-corrected chi connectivity index (χ2v) is 6.58. The standard InChI is InChI=1S/C16H22Cl2N2O3.ClH/c1-10(2)23-16(21)20-9-12-8-19-5-6-22-15(12)11-3-4-13(17)14(18)7-11;/h3-4,7,10,12,15,19H,5-6,8-9H2,1-2H3,(H,20,21);1H/t12-,15-;/m0./s1. The number of carbonyl (C=O) groups excluding carboxylic acids is 1. The number of nitrogens with one attached hydrogen (secondary N) is 2. The highest BCUT2D eigenvalue weighted by atomic mass is 35.5. The summed E-state index contributed by atoms with van der Waals surface area (Å²) < 4.78 is 11.1. The van der Waals surface area contributed by atoms with Crippen LogP contribution >= 0.6 is 35.6 Å². The third kappa shape index (κ3) is 6.30. The van der Waals surface area contributed by atoms with Crippen LogP contribution in [-0.4, -0.2) is 38.4 Å². The van der Waals surface area contributed by atoms with E-state index in [-0.39, 0.29) is 30.5 Å². The Hall–Kier alpha value is -0.720. The average molecular weight is 398 g/mol. The molecule has 1 heterocycles. The van der Waals surface area contributed by atoms with Gasteiger partial charge in [0, 0.05) is 25.6 Å². The van der Waals surface area contributed by atoms with Crippen molar-refractivity contribution in [3.05, 3.63) is 33.8 Å². The van der Waals surface area contributed by atoms with Crippen LogP contribution in [0.5, 0.6) is 0 Å². The van der Waals surface area contributed by atoms with Crippen molar-refractivity contribution in [3.63, 3.8) is 0 Å². The molecule has 1 saturated heterocycles. The summed E-state index contributed by atoms with van der Waals surface area (Å²) in [5.41, 5.74) is 0.951. The van der Waals surface area contributed by atoms with Gasteiger partial charge in [-0.1, -0.05) is 29.3 Å². The fraction of sp³-hybridized carbons (Fsp3) is 0.562. The molecule has 0 unspecified atom stereocenters. The molecule has 2 rings (SSSR count). The van der Waals surface area contributed by atoms with E-state index < -0.39 is 6.09 Å². The molecule has 0 bridgehead atoms. The number of alkyl carbamates (subject to hydrolysis) is 1. The van der Waals surface area contributed by atoms with Crippen molar-refractivity contribution >= 4 is 41.7 Å². The molecule has 5 nitrogen and oxygen atoms in total. The number of hydrogen-bond acceptors (Lipinski definition) is 4. The molecule has 1 aliphatic rings. The average Bonchev–Trinajstić information content (AvgIpc) is 2.72. The maximum Gasteiger partial charge on any atom is 0.407 e. The third-order valence-electron chi connectivity index (χ3n) is 3.53. The molecule has 0 spiro atoms. The van der Waals surface area contributed by atoms with Crippen molar-refractivity contribution in [3.8, 4) is 0 Å². The minimum atomic E-state index is -0.419. The number of carbonyl (C=O) groups is 1. The molecule has 0 saturated carbocycles. The zero-order chi connectivity index (χ0) is 16.8. The molecule has 0 radical (unpaired) electrons. The van der Waals surface area contributed by atoms with E-state index in [1.54, 1.807) is 6.07 Å². The van der Waals surface area contributed by atoms with Crippen LogP contribution in [0.2, 0.25) is 10.0 Å². The molecule has 24 heavy (non-hydrogen) atoms. The summed E-state index contributed by atoms with van der Waals surface area (Å²) in [5, 5.41) is 7.12. The SMILES string of the molecule is CC(C)OC(=O)NC[C@@H]1CNCCO[C@H]1c1ccc(Cl)c(Cl)c1.Cl. The van der Waals surface area contributed by atoms with Gasteiger partial charge in [-0.05, 0) is 31.5 Å². The molecule has 1 fully saturated rings. The fourth-order valence-corrected chi connectivity index (χ4v) is 2.80. The van der Waals surface area contributed by atoms with E-state index >= 15 is 0 Å². The normalized spacial score (nSPS) is 20.9. The Morgan fingerprint density at radius 2 is 2.17 bits per heavy atom. The smallest absolute Gasteiger partial charge is 0.407 e. The van der Waals surface area contributed by atoms with Gasteiger partial charge in [0.05, 0.1) is 28.9 Å². The van der Waals surface area contributed by atoms with E-state index in [1.165, 1.54) is 0 Å². The Bertz CT molecular complexity index is 543. The van der Waals surface area contributed by atoms with Gasteiger partial charge in [-0.2, -0.15) is 0 Å². The largest absolute Gasteiger partial charge is 0.447 e. The summed E-state index contributed by atoms with van der Waals surface area (Å²) in [5.74, 6) is 0.0643. The highest BCUT2D eigenvalue weighted by molar-refractivity contribution is 6.42. The van der Waals surface area contributed by atoms with Crippen molar-refractivity contribution in [1.82, 2.24) is 10.6 Å². The lowest BCUT2D eigenvalue weighted by atomic mass is 9.95. The third-order valence-corrected chi connectivity index (χ3v) is 4.27. The number of halogens is 3. The zero-order valence-electron chi connectivity index (χ0n) is 13.7. The summed E-state index contributed by atoms with van der Waals surface area (Å²) in [6.45, 7) is 6.17. The van der Waals surface area contributed by atoms with Gasteiger partial charge in [0.15, 0.2) is 0 Å². The molecule has 1 aliphatic heterocycles. The van der Waals surface area contributed by atoms with Gasteiger partial charge in [-0.3, -0.25) is 0 Å². The number of benzene rings is 1. The van der Waals surface area contributed by atoms with Gasteiger partial charge in [0.1, 0.15) is 0 Å². The highest BCUT2D eigenvalue weighted by Gasteiger charge is 2.27. The Labute approximate surface area is 158 Å². The quantitative estimate of drug-likeness (QED) is 0.810.